The highest BCUT2D eigenvalue weighted by molar-refractivity contribution is 6.28. The fraction of sp³-hybridized carbons (Fsp3) is 0.333. The number of halogens is 1. The van der Waals surface area contributed by atoms with Crippen LogP contribution in [0.5, 0.6) is 0 Å². The SMILES string of the molecule is Cc1nc(C)n(-c2nc(Cl)nc(C)c2[N+](=O)[O-])n1. The normalized spacial score (nSPS) is 10.7. The molecule has 0 aliphatic rings. The second kappa shape index (κ2) is 4.30. The first-order valence-electron chi connectivity index (χ1n) is 4.99. The van der Waals surface area contributed by atoms with Gasteiger partial charge < -0.3 is 0 Å². The molecule has 2 rings (SSSR count). The van der Waals surface area contributed by atoms with Crippen molar-refractivity contribution in [2.24, 2.45) is 0 Å². The summed E-state index contributed by atoms with van der Waals surface area (Å²) < 4.78 is 1.29. The number of nitro groups is 1. The summed E-state index contributed by atoms with van der Waals surface area (Å²) in [5.41, 5.74) is -0.0463. The molecule has 0 aliphatic heterocycles. The molecular formula is C9H9ClN6O2. The monoisotopic (exact) mass is 268 g/mol. The Morgan fingerprint density at radius 1 is 1.22 bits per heavy atom. The zero-order valence-electron chi connectivity index (χ0n) is 9.88. The lowest BCUT2D eigenvalue weighted by Crippen LogP contribution is -2.09. The van der Waals surface area contributed by atoms with Crippen molar-refractivity contribution in [2.45, 2.75) is 20.8 Å². The Bertz CT molecular complexity index is 638. The predicted molar refractivity (Wildman–Crippen MR) is 62.8 cm³/mol. The number of hydrogen-bond donors (Lipinski definition) is 0. The van der Waals surface area contributed by atoms with Gasteiger partial charge in [-0.1, -0.05) is 0 Å². The smallest absolute Gasteiger partial charge is 0.258 e. The molecule has 0 aliphatic carbocycles. The van der Waals surface area contributed by atoms with Gasteiger partial charge >= 0.3 is 5.69 Å². The van der Waals surface area contributed by atoms with Gasteiger partial charge in [-0.3, -0.25) is 10.1 Å². The minimum absolute atomic E-state index is 0.0237. The summed E-state index contributed by atoms with van der Waals surface area (Å²) in [7, 11) is 0. The third-order valence-corrected chi connectivity index (χ3v) is 2.44. The topological polar surface area (TPSA) is 99.6 Å². The van der Waals surface area contributed by atoms with Crippen molar-refractivity contribution >= 4 is 17.3 Å². The average molecular weight is 269 g/mol. The molecule has 0 radical (unpaired) electrons. The van der Waals surface area contributed by atoms with E-state index in [-0.39, 0.29) is 22.5 Å². The highest BCUT2D eigenvalue weighted by atomic mass is 35.5. The minimum Gasteiger partial charge on any atom is -0.258 e. The van der Waals surface area contributed by atoms with Crippen LogP contribution in [0.3, 0.4) is 0 Å². The number of aryl methyl sites for hydroxylation is 3. The van der Waals surface area contributed by atoms with Crippen molar-refractivity contribution in [3.63, 3.8) is 0 Å². The molecule has 0 atom stereocenters. The van der Waals surface area contributed by atoms with Crippen LogP contribution in [0.4, 0.5) is 5.69 Å². The third kappa shape index (κ3) is 2.02. The molecule has 0 spiro atoms. The zero-order valence-corrected chi connectivity index (χ0v) is 10.6. The van der Waals surface area contributed by atoms with Crippen LogP contribution in [-0.2, 0) is 0 Å². The maximum atomic E-state index is 11.1. The van der Waals surface area contributed by atoms with Crippen LogP contribution in [-0.4, -0.2) is 29.7 Å². The number of hydrogen-bond acceptors (Lipinski definition) is 6. The molecule has 94 valence electrons. The fourth-order valence-corrected chi connectivity index (χ4v) is 1.81. The summed E-state index contributed by atoms with van der Waals surface area (Å²) in [5, 5.41) is 15.1. The van der Waals surface area contributed by atoms with Gasteiger partial charge in [-0.15, -0.1) is 5.10 Å². The van der Waals surface area contributed by atoms with Crippen molar-refractivity contribution in [3.05, 3.63) is 32.7 Å². The number of rotatable bonds is 2. The summed E-state index contributed by atoms with van der Waals surface area (Å²) in [6.07, 6.45) is 0. The van der Waals surface area contributed by atoms with E-state index in [9.17, 15) is 10.1 Å². The molecule has 18 heavy (non-hydrogen) atoms. The van der Waals surface area contributed by atoms with Gasteiger partial charge in [-0.25, -0.2) is 9.97 Å². The van der Waals surface area contributed by atoms with Crippen LogP contribution in [0.2, 0.25) is 5.28 Å². The van der Waals surface area contributed by atoms with E-state index in [4.69, 9.17) is 11.6 Å². The van der Waals surface area contributed by atoms with E-state index >= 15 is 0 Å². The van der Waals surface area contributed by atoms with Gasteiger partial charge in [0.25, 0.3) is 0 Å². The Labute approximate surface area is 107 Å². The Hall–Kier alpha value is -2.09. The first-order valence-corrected chi connectivity index (χ1v) is 5.37. The Morgan fingerprint density at radius 3 is 2.39 bits per heavy atom. The van der Waals surface area contributed by atoms with Crippen LogP contribution in [0, 0.1) is 30.9 Å². The summed E-state index contributed by atoms with van der Waals surface area (Å²) >= 11 is 5.73. The van der Waals surface area contributed by atoms with Gasteiger partial charge in [0.1, 0.15) is 17.3 Å². The summed E-state index contributed by atoms with van der Waals surface area (Å²) in [6, 6.07) is 0. The van der Waals surface area contributed by atoms with E-state index < -0.39 is 4.92 Å². The standard InChI is InChI=1S/C9H9ClN6O2/c1-4-7(16(17)18)8(13-9(10)11-4)15-6(3)12-5(2)14-15/h1-3H3. The van der Waals surface area contributed by atoms with Gasteiger partial charge in [0, 0.05) is 0 Å². The van der Waals surface area contributed by atoms with Gasteiger partial charge in [0.05, 0.1) is 4.92 Å². The van der Waals surface area contributed by atoms with E-state index in [0.29, 0.717) is 11.6 Å². The summed E-state index contributed by atoms with van der Waals surface area (Å²) in [6.45, 7) is 4.86. The molecule has 2 aromatic rings. The van der Waals surface area contributed by atoms with Crippen LogP contribution >= 0.6 is 11.6 Å². The maximum absolute atomic E-state index is 11.1. The highest BCUT2D eigenvalue weighted by Gasteiger charge is 2.25. The van der Waals surface area contributed by atoms with E-state index in [2.05, 4.69) is 20.1 Å². The first-order chi connectivity index (χ1) is 8.40. The summed E-state index contributed by atoms with van der Waals surface area (Å²) in [4.78, 5) is 22.2. The minimum atomic E-state index is -0.558. The van der Waals surface area contributed by atoms with Gasteiger partial charge in [0.2, 0.25) is 11.1 Å². The van der Waals surface area contributed by atoms with Crippen molar-refractivity contribution in [3.8, 4) is 5.82 Å². The van der Waals surface area contributed by atoms with Gasteiger partial charge in [-0.05, 0) is 32.4 Å². The van der Waals surface area contributed by atoms with Crippen LogP contribution in [0.15, 0.2) is 0 Å². The molecule has 0 aromatic carbocycles. The molecule has 0 bridgehead atoms. The lowest BCUT2D eigenvalue weighted by molar-refractivity contribution is -0.385. The number of nitrogens with zero attached hydrogens (tertiary/aromatic N) is 6. The largest absolute Gasteiger partial charge is 0.334 e. The lowest BCUT2D eigenvalue weighted by Gasteiger charge is -2.05. The number of aromatic nitrogens is 5. The molecule has 0 unspecified atom stereocenters. The molecule has 0 fully saturated rings. The third-order valence-electron chi connectivity index (χ3n) is 2.27. The summed E-state index contributed by atoms with van der Waals surface area (Å²) in [5.74, 6) is 1.01. The molecule has 0 amide bonds. The maximum Gasteiger partial charge on any atom is 0.334 e. The molecule has 9 heteroatoms. The van der Waals surface area contributed by atoms with Gasteiger partial charge in [-0.2, -0.15) is 9.67 Å². The van der Waals surface area contributed by atoms with Gasteiger partial charge in [0.15, 0.2) is 0 Å². The molecular weight excluding hydrogens is 260 g/mol. The molecule has 2 heterocycles. The van der Waals surface area contributed by atoms with Crippen molar-refractivity contribution in [1.82, 2.24) is 24.7 Å². The van der Waals surface area contributed by atoms with Crippen molar-refractivity contribution in [1.29, 1.82) is 0 Å². The second-order valence-electron chi connectivity index (χ2n) is 3.63. The molecule has 0 saturated heterocycles. The van der Waals surface area contributed by atoms with Crippen LogP contribution < -0.4 is 0 Å². The average Bonchev–Trinajstić information content (AvgIpc) is 2.55. The van der Waals surface area contributed by atoms with Crippen molar-refractivity contribution < 1.29 is 4.92 Å². The quantitative estimate of drug-likeness (QED) is 0.465. The molecule has 0 N–H and O–H groups in total. The zero-order chi connectivity index (χ0) is 13.4. The lowest BCUT2D eigenvalue weighted by atomic mass is 10.3. The Kier molecular flexibility index (Phi) is 2.95. The van der Waals surface area contributed by atoms with Crippen LogP contribution in [0.25, 0.3) is 5.82 Å². The van der Waals surface area contributed by atoms with Crippen LogP contribution in [0.1, 0.15) is 17.3 Å². The van der Waals surface area contributed by atoms with Crippen molar-refractivity contribution in [2.75, 3.05) is 0 Å². The molecule has 2 aromatic heterocycles. The highest BCUT2D eigenvalue weighted by Crippen LogP contribution is 2.25. The van der Waals surface area contributed by atoms with E-state index in [1.54, 1.807) is 13.8 Å². The second-order valence-corrected chi connectivity index (χ2v) is 3.96. The molecule has 0 saturated carbocycles. The molecule has 8 nitrogen and oxygen atoms in total. The van der Waals surface area contributed by atoms with E-state index in [0.717, 1.165) is 0 Å². The predicted octanol–water partition coefficient (Wildman–Crippen LogP) is 1.54. The first kappa shape index (κ1) is 12.4. The Balaban J connectivity index is 2.77. The Morgan fingerprint density at radius 2 is 1.89 bits per heavy atom. The van der Waals surface area contributed by atoms with E-state index in [1.807, 2.05) is 0 Å². The fourth-order valence-electron chi connectivity index (χ4n) is 1.60. The van der Waals surface area contributed by atoms with E-state index in [1.165, 1.54) is 11.6 Å².